The molecule has 18 heavy (non-hydrogen) atoms. The number of nitrogen functional groups attached to an aromatic ring is 1. The van der Waals surface area contributed by atoms with Crippen molar-refractivity contribution in [1.82, 2.24) is 4.98 Å². The van der Waals surface area contributed by atoms with Gasteiger partial charge in [0.25, 0.3) is 6.43 Å². The van der Waals surface area contributed by atoms with Gasteiger partial charge in [-0.3, -0.25) is 4.79 Å². The molecule has 0 saturated carbocycles. The average molecular weight is 270 g/mol. The number of alkyl halides is 5. The van der Waals surface area contributed by atoms with Crippen molar-refractivity contribution in [1.29, 1.82) is 0 Å². The van der Waals surface area contributed by atoms with Crippen molar-refractivity contribution >= 4 is 11.7 Å². The van der Waals surface area contributed by atoms with E-state index in [1.165, 1.54) is 0 Å². The van der Waals surface area contributed by atoms with Crippen LogP contribution in [0.4, 0.5) is 27.6 Å². The van der Waals surface area contributed by atoms with Crippen LogP contribution >= 0.6 is 0 Å². The number of nitrogens with zero attached hydrogens (tertiary/aromatic N) is 1. The number of pyridine rings is 1. The lowest BCUT2D eigenvalue weighted by molar-refractivity contribution is -0.141. The van der Waals surface area contributed by atoms with Crippen LogP contribution in [0.15, 0.2) is 6.20 Å². The minimum atomic E-state index is -4.93. The first-order chi connectivity index (χ1) is 8.14. The number of carbonyl (C=O) groups is 1. The standard InChI is InChI=1S/C9H7F5N2O2/c10-8(11)4-2-16-7(9(12,13)14)6(15)3(4)1-5(17)18/h2,8H,1,15H2,(H,17,18). The Morgan fingerprint density at radius 3 is 2.39 bits per heavy atom. The quantitative estimate of drug-likeness (QED) is 0.826. The highest BCUT2D eigenvalue weighted by molar-refractivity contribution is 5.74. The molecule has 0 atom stereocenters. The Bertz CT molecular complexity index is 473. The zero-order valence-corrected chi connectivity index (χ0v) is 8.63. The van der Waals surface area contributed by atoms with Gasteiger partial charge in [0.05, 0.1) is 12.1 Å². The Kier molecular flexibility index (Phi) is 3.73. The molecule has 0 spiro atoms. The number of hydrogen-bond acceptors (Lipinski definition) is 3. The molecule has 1 aromatic heterocycles. The molecule has 0 unspecified atom stereocenters. The number of halogens is 5. The summed E-state index contributed by atoms with van der Waals surface area (Å²) in [5, 5.41) is 8.49. The van der Waals surface area contributed by atoms with Crippen molar-refractivity contribution in [3.8, 4) is 0 Å². The Balaban J connectivity index is 3.44. The maximum atomic E-state index is 12.5. The van der Waals surface area contributed by atoms with Gasteiger partial charge in [0.1, 0.15) is 0 Å². The lowest BCUT2D eigenvalue weighted by atomic mass is 10.0. The molecule has 100 valence electrons. The van der Waals surface area contributed by atoms with Gasteiger partial charge in [-0.05, 0) is 5.56 Å². The highest BCUT2D eigenvalue weighted by Crippen LogP contribution is 2.36. The minimum absolute atomic E-state index is 0.294. The molecule has 0 aliphatic heterocycles. The average Bonchev–Trinajstić information content (AvgIpc) is 2.17. The van der Waals surface area contributed by atoms with Crippen LogP contribution in [0, 0.1) is 0 Å². The van der Waals surface area contributed by atoms with Gasteiger partial charge in [-0.15, -0.1) is 0 Å². The second kappa shape index (κ2) is 4.75. The van der Waals surface area contributed by atoms with E-state index in [2.05, 4.69) is 4.98 Å². The summed E-state index contributed by atoms with van der Waals surface area (Å²) >= 11 is 0. The summed E-state index contributed by atoms with van der Waals surface area (Å²) in [5.41, 5.74) is 0.752. The third-order valence-corrected chi connectivity index (χ3v) is 2.09. The maximum absolute atomic E-state index is 12.5. The molecular formula is C9H7F5N2O2. The van der Waals surface area contributed by atoms with E-state index in [4.69, 9.17) is 10.8 Å². The molecule has 1 rings (SSSR count). The number of aliphatic carboxylic acids is 1. The molecule has 0 aliphatic rings. The Hall–Kier alpha value is -1.93. The van der Waals surface area contributed by atoms with Crippen LogP contribution in [0.3, 0.4) is 0 Å². The third kappa shape index (κ3) is 2.84. The molecule has 1 aromatic rings. The first kappa shape index (κ1) is 14.1. The van der Waals surface area contributed by atoms with Crippen LogP contribution < -0.4 is 5.73 Å². The number of nitrogens with two attached hydrogens (primary N) is 1. The largest absolute Gasteiger partial charge is 0.481 e. The van der Waals surface area contributed by atoms with Gasteiger partial charge in [-0.25, -0.2) is 13.8 Å². The lowest BCUT2D eigenvalue weighted by Crippen LogP contribution is -2.17. The second-order valence-corrected chi connectivity index (χ2v) is 3.32. The normalized spacial score (nSPS) is 11.9. The summed E-state index contributed by atoms with van der Waals surface area (Å²) in [6.45, 7) is 0. The topological polar surface area (TPSA) is 76.2 Å². The van der Waals surface area contributed by atoms with E-state index in [9.17, 15) is 26.7 Å². The van der Waals surface area contributed by atoms with Crippen LogP contribution in [0.1, 0.15) is 23.2 Å². The fraction of sp³-hybridized carbons (Fsp3) is 0.333. The van der Waals surface area contributed by atoms with E-state index in [1.54, 1.807) is 0 Å². The van der Waals surface area contributed by atoms with Crippen LogP contribution in [0.25, 0.3) is 0 Å². The van der Waals surface area contributed by atoms with Gasteiger partial charge in [-0.1, -0.05) is 0 Å². The van der Waals surface area contributed by atoms with Gasteiger partial charge in [0.15, 0.2) is 5.69 Å². The molecule has 9 heteroatoms. The molecule has 0 saturated heterocycles. The summed E-state index contributed by atoms with van der Waals surface area (Å²) in [6.07, 6.45) is -8.83. The van der Waals surface area contributed by atoms with Crippen LogP contribution in [0.5, 0.6) is 0 Å². The van der Waals surface area contributed by atoms with E-state index in [1.807, 2.05) is 0 Å². The van der Waals surface area contributed by atoms with Crippen LogP contribution in [-0.2, 0) is 17.4 Å². The fourth-order valence-corrected chi connectivity index (χ4v) is 1.34. The van der Waals surface area contributed by atoms with Crippen molar-refractivity contribution in [2.45, 2.75) is 19.0 Å². The summed E-state index contributed by atoms with van der Waals surface area (Å²) in [6, 6.07) is 0. The van der Waals surface area contributed by atoms with Crippen molar-refractivity contribution < 1.29 is 31.9 Å². The fourth-order valence-electron chi connectivity index (χ4n) is 1.34. The number of rotatable bonds is 3. The Morgan fingerprint density at radius 1 is 1.44 bits per heavy atom. The first-order valence-corrected chi connectivity index (χ1v) is 4.49. The van der Waals surface area contributed by atoms with Crippen molar-refractivity contribution in [3.63, 3.8) is 0 Å². The van der Waals surface area contributed by atoms with Crippen LogP contribution in [0.2, 0.25) is 0 Å². The lowest BCUT2D eigenvalue weighted by Gasteiger charge is -2.15. The number of aromatic nitrogens is 1. The molecule has 0 amide bonds. The predicted molar refractivity (Wildman–Crippen MR) is 49.9 cm³/mol. The van der Waals surface area contributed by atoms with Gasteiger partial charge in [0, 0.05) is 11.8 Å². The summed E-state index contributed by atoms with van der Waals surface area (Å²) in [7, 11) is 0. The van der Waals surface area contributed by atoms with E-state index in [0.717, 1.165) is 0 Å². The third-order valence-electron chi connectivity index (χ3n) is 2.09. The van der Waals surface area contributed by atoms with Gasteiger partial charge < -0.3 is 10.8 Å². The smallest absolute Gasteiger partial charge is 0.435 e. The molecule has 0 fully saturated rings. The zero-order valence-electron chi connectivity index (χ0n) is 8.63. The van der Waals surface area contributed by atoms with E-state index >= 15 is 0 Å². The SMILES string of the molecule is Nc1c(C(F)(F)F)ncc(C(F)F)c1CC(=O)O. The van der Waals surface area contributed by atoms with E-state index in [-0.39, 0.29) is 0 Å². The van der Waals surface area contributed by atoms with E-state index in [0.29, 0.717) is 6.20 Å². The zero-order chi connectivity index (χ0) is 14.1. The van der Waals surface area contributed by atoms with Crippen molar-refractivity contribution in [3.05, 3.63) is 23.0 Å². The van der Waals surface area contributed by atoms with Crippen LogP contribution in [-0.4, -0.2) is 16.1 Å². The minimum Gasteiger partial charge on any atom is -0.481 e. The highest BCUT2D eigenvalue weighted by Gasteiger charge is 2.37. The second-order valence-electron chi connectivity index (χ2n) is 3.32. The number of anilines is 1. The summed E-state index contributed by atoms with van der Waals surface area (Å²) in [4.78, 5) is 13.3. The summed E-state index contributed by atoms with van der Waals surface area (Å²) in [5.74, 6) is -1.57. The molecule has 0 aliphatic carbocycles. The Morgan fingerprint density at radius 2 is 2.00 bits per heavy atom. The van der Waals surface area contributed by atoms with Gasteiger partial charge in [0.2, 0.25) is 0 Å². The molecule has 1 heterocycles. The van der Waals surface area contributed by atoms with Gasteiger partial charge >= 0.3 is 12.1 Å². The number of hydrogen-bond donors (Lipinski definition) is 2. The van der Waals surface area contributed by atoms with E-state index < -0.39 is 47.5 Å². The molecular weight excluding hydrogens is 263 g/mol. The molecule has 3 N–H and O–H groups in total. The first-order valence-electron chi connectivity index (χ1n) is 4.49. The monoisotopic (exact) mass is 270 g/mol. The molecule has 4 nitrogen and oxygen atoms in total. The van der Waals surface area contributed by atoms with Crippen molar-refractivity contribution in [2.24, 2.45) is 0 Å². The summed E-state index contributed by atoms with van der Waals surface area (Å²) < 4.78 is 62.3. The molecule has 0 aromatic carbocycles. The predicted octanol–water partition coefficient (Wildman–Crippen LogP) is 2.25. The van der Waals surface area contributed by atoms with Crippen molar-refractivity contribution in [2.75, 3.05) is 5.73 Å². The molecule has 0 bridgehead atoms. The molecule has 0 radical (unpaired) electrons. The maximum Gasteiger partial charge on any atom is 0.435 e. The van der Waals surface area contributed by atoms with Gasteiger partial charge in [-0.2, -0.15) is 13.2 Å². The number of carboxylic acid groups (broad SMARTS) is 1. The highest BCUT2D eigenvalue weighted by atomic mass is 19.4. The number of carboxylic acids is 1. The Labute approximate surface area is 97.2 Å².